The number of benzene rings is 1. The van der Waals surface area contributed by atoms with Gasteiger partial charge in [0.2, 0.25) is 0 Å². The van der Waals surface area contributed by atoms with Crippen LogP contribution < -0.4 is 4.90 Å². The number of methoxy groups -OCH3 is 1. The molecule has 2 aliphatic heterocycles. The van der Waals surface area contributed by atoms with Gasteiger partial charge in [-0.15, -0.1) is 0 Å². The Labute approximate surface area is 153 Å². The number of aromatic amines is 1. The molecule has 0 radical (unpaired) electrons. The summed E-state index contributed by atoms with van der Waals surface area (Å²) in [5.41, 5.74) is 2.77. The Bertz CT molecular complexity index is 725. The molecule has 2 aliphatic rings. The van der Waals surface area contributed by atoms with Crippen LogP contribution in [0.5, 0.6) is 0 Å². The maximum Gasteiger partial charge on any atom is 0.253 e. The monoisotopic (exact) mass is 355 g/mol. The van der Waals surface area contributed by atoms with Crippen LogP contribution in [0.4, 0.5) is 5.69 Å². The molecule has 3 heterocycles. The fourth-order valence-electron chi connectivity index (χ4n) is 4.00. The summed E-state index contributed by atoms with van der Waals surface area (Å²) in [6.45, 7) is 3.38. The first-order valence-electron chi connectivity index (χ1n) is 9.29. The van der Waals surface area contributed by atoms with E-state index in [1.54, 1.807) is 13.3 Å². The second-order valence-corrected chi connectivity index (χ2v) is 7.08. The van der Waals surface area contributed by atoms with Crippen molar-refractivity contribution in [2.24, 2.45) is 0 Å². The number of piperidine rings is 1. The van der Waals surface area contributed by atoms with Crippen molar-refractivity contribution in [3.63, 3.8) is 0 Å². The highest BCUT2D eigenvalue weighted by atomic mass is 16.5. The van der Waals surface area contributed by atoms with Crippen LogP contribution in [0.3, 0.4) is 0 Å². The topological polar surface area (TPSA) is 74.3 Å². The Morgan fingerprint density at radius 3 is 2.58 bits per heavy atom. The van der Waals surface area contributed by atoms with Gasteiger partial charge < -0.3 is 14.5 Å². The number of hydrogen-bond donors (Lipinski definition) is 1. The number of likely N-dealkylation sites (tertiary alicyclic amines) is 1. The van der Waals surface area contributed by atoms with Crippen molar-refractivity contribution in [3.8, 4) is 0 Å². The number of hydrogen-bond acceptors (Lipinski definition) is 5. The Hall–Kier alpha value is -2.41. The molecule has 0 bridgehead atoms. The molecule has 1 amide bonds. The molecular weight excluding hydrogens is 330 g/mol. The number of carbonyl (C=O) groups is 1. The molecule has 138 valence electrons. The van der Waals surface area contributed by atoms with Crippen LogP contribution in [0.2, 0.25) is 0 Å². The quantitative estimate of drug-likeness (QED) is 0.909. The first-order chi connectivity index (χ1) is 12.8. The zero-order chi connectivity index (χ0) is 17.9. The van der Waals surface area contributed by atoms with Crippen LogP contribution in [0, 0.1) is 0 Å². The van der Waals surface area contributed by atoms with Gasteiger partial charge in [0.05, 0.1) is 23.9 Å². The summed E-state index contributed by atoms with van der Waals surface area (Å²) < 4.78 is 5.58. The molecule has 26 heavy (non-hydrogen) atoms. The van der Waals surface area contributed by atoms with Crippen LogP contribution in [-0.2, 0) is 4.74 Å². The third-order valence-electron chi connectivity index (χ3n) is 5.51. The summed E-state index contributed by atoms with van der Waals surface area (Å²) >= 11 is 0. The highest BCUT2D eigenvalue weighted by Gasteiger charge is 2.38. The molecule has 0 aliphatic carbocycles. The second-order valence-electron chi connectivity index (χ2n) is 7.08. The number of rotatable bonds is 4. The van der Waals surface area contributed by atoms with Crippen LogP contribution >= 0.6 is 0 Å². The minimum atomic E-state index is -0.0586. The van der Waals surface area contributed by atoms with E-state index in [-0.39, 0.29) is 17.9 Å². The predicted octanol–water partition coefficient (Wildman–Crippen LogP) is 2.05. The largest absolute Gasteiger partial charge is 0.379 e. The van der Waals surface area contributed by atoms with Crippen molar-refractivity contribution in [3.05, 3.63) is 41.7 Å². The normalized spacial score (nSPS) is 23.4. The molecule has 0 spiro atoms. The van der Waals surface area contributed by atoms with Gasteiger partial charge in [0.25, 0.3) is 5.91 Å². The zero-order valence-corrected chi connectivity index (χ0v) is 15.1. The van der Waals surface area contributed by atoms with E-state index < -0.39 is 0 Å². The van der Waals surface area contributed by atoms with Crippen molar-refractivity contribution >= 4 is 11.6 Å². The van der Waals surface area contributed by atoms with Crippen molar-refractivity contribution in [2.75, 3.05) is 38.2 Å². The zero-order valence-electron chi connectivity index (χ0n) is 15.1. The molecule has 4 rings (SSSR count). The number of ether oxygens (including phenoxy) is 1. The van der Waals surface area contributed by atoms with Crippen molar-refractivity contribution < 1.29 is 9.53 Å². The molecule has 7 nitrogen and oxygen atoms in total. The Morgan fingerprint density at radius 1 is 1.15 bits per heavy atom. The van der Waals surface area contributed by atoms with Crippen LogP contribution in [0.15, 0.2) is 30.5 Å². The minimum absolute atomic E-state index is 0.0447. The van der Waals surface area contributed by atoms with E-state index in [0.29, 0.717) is 13.1 Å². The maximum atomic E-state index is 12.9. The Balaban J connectivity index is 1.45. The molecular formula is C19H25N5O2. The van der Waals surface area contributed by atoms with Crippen LogP contribution in [-0.4, -0.2) is 65.6 Å². The van der Waals surface area contributed by atoms with Gasteiger partial charge in [-0.1, -0.05) is 0 Å². The van der Waals surface area contributed by atoms with Crippen molar-refractivity contribution in [1.82, 2.24) is 20.3 Å². The van der Waals surface area contributed by atoms with Crippen molar-refractivity contribution in [1.29, 1.82) is 0 Å². The first-order valence-corrected chi connectivity index (χ1v) is 9.29. The molecule has 2 saturated heterocycles. The van der Waals surface area contributed by atoms with Gasteiger partial charge in [-0.2, -0.15) is 15.4 Å². The summed E-state index contributed by atoms with van der Waals surface area (Å²) in [6.07, 6.45) is 5.46. The highest BCUT2D eigenvalue weighted by molar-refractivity contribution is 5.94. The van der Waals surface area contributed by atoms with Gasteiger partial charge in [0.15, 0.2) is 0 Å². The summed E-state index contributed by atoms with van der Waals surface area (Å²) in [5.74, 6) is 0.0959. The van der Waals surface area contributed by atoms with Gasteiger partial charge in [0, 0.05) is 44.5 Å². The number of aromatic nitrogens is 3. The third kappa shape index (κ3) is 3.31. The SMILES string of the molecule is CO[C@@H]1CN(C(=O)c2ccc(N3CCCCC3)cc2)C[C@H]1c1cn[nH]n1. The standard InChI is InChI=1S/C19H25N5O2/c1-26-18-13-24(12-16(18)17-11-20-22-21-17)19(25)14-5-7-15(8-6-14)23-9-3-2-4-10-23/h5-8,11,16,18H,2-4,9-10,12-13H2,1H3,(H,20,21,22)/t16-,18+/m0/s1. The molecule has 2 aromatic rings. The Morgan fingerprint density at radius 2 is 1.92 bits per heavy atom. The number of anilines is 1. The average molecular weight is 355 g/mol. The molecule has 1 aromatic heterocycles. The van der Waals surface area contributed by atoms with Gasteiger partial charge in [0.1, 0.15) is 0 Å². The summed E-state index contributed by atoms with van der Waals surface area (Å²) in [7, 11) is 1.68. The van der Waals surface area contributed by atoms with Gasteiger partial charge >= 0.3 is 0 Å². The van der Waals surface area contributed by atoms with Gasteiger partial charge in [-0.3, -0.25) is 4.79 Å². The van der Waals surface area contributed by atoms with E-state index in [9.17, 15) is 4.79 Å². The fraction of sp³-hybridized carbons (Fsp3) is 0.526. The van der Waals surface area contributed by atoms with E-state index in [0.717, 1.165) is 24.3 Å². The van der Waals surface area contributed by atoms with Crippen molar-refractivity contribution in [2.45, 2.75) is 31.3 Å². The average Bonchev–Trinajstić information content (AvgIpc) is 3.37. The van der Waals surface area contributed by atoms with Crippen LogP contribution in [0.1, 0.15) is 41.2 Å². The van der Waals surface area contributed by atoms with Crippen LogP contribution in [0.25, 0.3) is 0 Å². The lowest BCUT2D eigenvalue weighted by Crippen LogP contribution is -2.30. The number of carbonyl (C=O) groups excluding carboxylic acids is 1. The number of amides is 1. The van der Waals surface area contributed by atoms with Gasteiger partial charge in [-0.25, -0.2) is 0 Å². The number of nitrogens with one attached hydrogen (secondary N) is 1. The number of nitrogens with zero attached hydrogens (tertiary/aromatic N) is 4. The van der Waals surface area contributed by atoms with E-state index in [2.05, 4.69) is 32.4 Å². The third-order valence-corrected chi connectivity index (χ3v) is 5.51. The lowest BCUT2D eigenvalue weighted by molar-refractivity contribution is 0.0714. The Kier molecular flexibility index (Phi) is 4.88. The molecule has 0 saturated carbocycles. The fourth-order valence-corrected chi connectivity index (χ4v) is 4.00. The second kappa shape index (κ2) is 7.45. The summed E-state index contributed by atoms with van der Waals surface area (Å²) in [4.78, 5) is 17.2. The molecule has 1 N–H and O–H groups in total. The maximum absolute atomic E-state index is 12.9. The van der Waals surface area contributed by atoms with E-state index in [1.807, 2.05) is 17.0 Å². The molecule has 0 unspecified atom stereocenters. The van der Waals surface area contributed by atoms with E-state index in [4.69, 9.17) is 4.74 Å². The number of H-pyrrole nitrogens is 1. The van der Waals surface area contributed by atoms with E-state index >= 15 is 0 Å². The minimum Gasteiger partial charge on any atom is -0.379 e. The summed E-state index contributed by atoms with van der Waals surface area (Å²) in [5, 5.41) is 10.7. The molecule has 7 heteroatoms. The molecule has 1 aromatic carbocycles. The summed E-state index contributed by atoms with van der Waals surface area (Å²) in [6, 6.07) is 8.02. The predicted molar refractivity (Wildman–Crippen MR) is 98.3 cm³/mol. The molecule has 2 atom stereocenters. The van der Waals surface area contributed by atoms with E-state index in [1.165, 1.54) is 24.9 Å². The molecule has 2 fully saturated rings. The smallest absolute Gasteiger partial charge is 0.253 e. The lowest BCUT2D eigenvalue weighted by Gasteiger charge is -2.29. The lowest BCUT2D eigenvalue weighted by atomic mass is 10.0. The first kappa shape index (κ1) is 17.0. The van der Waals surface area contributed by atoms with Gasteiger partial charge in [-0.05, 0) is 43.5 Å². The highest BCUT2D eigenvalue weighted by Crippen LogP contribution is 2.29.